The molecule has 0 atom stereocenters. The Morgan fingerprint density at radius 3 is 1.35 bits per heavy atom. The van der Waals surface area contributed by atoms with Gasteiger partial charge in [-0.05, 0) is 58.2 Å². The molecule has 2 amide bonds. The molecule has 20 heavy (non-hydrogen) atoms. The Morgan fingerprint density at radius 2 is 1.20 bits per heavy atom. The second-order valence-electron chi connectivity index (χ2n) is 3.80. The van der Waals surface area contributed by atoms with Crippen LogP contribution in [-0.2, 0) is 9.59 Å². The number of carbonyl (C=O) groups excluding carboxylic acids is 2. The number of nitrogens with zero attached hydrogens (tertiary/aromatic N) is 1. The van der Waals surface area contributed by atoms with Gasteiger partial charge in [-0.3, -0.25) is 9.59 Å². The van der Waals surface area contributed by atoms with E-state index in [-0.39, 0.29) is 0 Å². The largest absolute Gasteiger partial charge is 0.366 e. The first-order valence-corrected chi connectivity index (χ1v) is 6.28. The van der Waals surface area contributed by atoms with Crippen molar-refractivity contribution >= 4 is 11.8 Å². The summed E-state index contributed by atoms with van der Waals surface area (Å²) in [5.74, 6) is -0.963. The summed E-state index contributed by atoms with van der Waals surface area (Å²) in [5.41, 5.74) is 19.8. The molecule has 7 heteroatoms. The van der Waals surface area contributed by atoms with Gasteiger partial charge in [0.15, 0.2) is 0 Å². The third-order valence-corrected chi connectivity index (χ3v) is 1.89. The molecule has 0 radical (unpaired) electrons. The van der Waals surface area contributed by atoms with Crippen LogP contribution in [0.2, 0.25) is 0 Å². The van der Waals surface area contributed by atoms with Crippen LogP contribution in [0.3, 0.4) is 0 Å². The molecule has 0 saturated heterocycles. The third kappa shape index (κ3) is 36.0. The topological polar surface area (TPSA) is 141 Å². The molecule has 0 aromatic rings. The first-order valence-electron chi connectivity index (χ1n) is 6.28. The van der Waals surface area contributed by atoms with E-state index in [0.29, 0.717) is 0 Å². The molecular weight excluding hydrogens is 258 g/mol. The van der Waals surface area contributed by atoms with E-state index in [1.165, 1.54) is 0 Å². The maximum absolute atomic E-state index is 9.47. The number of hydrogen-bond acceptors (Lipinski definition) is 5. The summed E-state index contributed by atoms with van der Waals surface area (Å²) in [6.07, 6.45) is 4.28. The molecule has 0 saturated carbocycles. The fourth-order valence-electron chi connectivity index (χ4n) is 0.834. The first-order chi connectivity index (χ1) is 9.35. The van der Waals surface area contributed by atoms with Gasteiger partial charge >= 0.3 is 0 Å². The quantitative estimate of drug-likeness (QED) is 0.421. The van der Waals surface area contributed by atoms with Crippen LogP contribution >= 0.6 is 0 Å². The number of amides is 2. The Balaban J connectivity index is -0.000000244. The highest BCUT2D eigenvalue weighted by atomic mass is 16.1. The normalized spacial score (nSPS) is 8.60. The minimum absolute atomic E-state index is 0.481. The molecule has 8 N–H and O–H groups in total. The molecule has 0 aromatic heterocycles. The van der Waals surface area contributed by atoms with Crippen molar-refractivity contribution in [3.05, 3.63) is 25.3 Å². The first kappa shape index (κ1) is 23.4. The van der Waals surface area contributed by atoms with Gasteiger partial charge in [0, 0.05) is 0 Å². The minimum Gasteiger partial charge on any atom is -0.366 e. The zero-order valence-electron chi connectivity index (χ0n) is 12.4. The van der Waals surface area contributed by atoms with E-state index in [2.05, 4.69) is 36.6 Å². The van der Waals surface area contributed by atoms with Crippen molar-refractivity contribution in [3.8, 4) is 0 Å². The molecule has 0 fully saturated rings. The second-order valence-corrected chi connectivity index (χ2v) is 3.80. The van der Waals surface area contributed by atoms with Crippen molar-refractivity contribution in [1.82, 2.24) is 4.90 Å². The molecule has 118 valence electrons. The highest BCUT2D eigenvalue weighted by Gasteiger charge is 1.94. The molecule has 0 spiro atoms. The van der Waals surface area contributed by atoms with Crippen LogP contribution in [0, 0.1) is 0 Å². The zero-order valence-corrected chi connectivity index (χ0v) is 12.4. The van der Waals surface area contributed by atoms with E-state index in [9.17, 15) is 9.59 Å². The SMILES string of the molecule is C=CC(N)=O.C=CC(N)=O.CN(CCCN)CCCN. The van der Waals surface area contributed by atoms with Crippen LogP contribution in [-0.4, -0.2) is 49.9 Å². The molecular formula is C13H29N5O2. The molecule has 0 aliphatic rings. The predicted molar refractivity (Wildman–Crippen MR) is 83.6 cm³/mol. The molecule has 0 aliphatic carbocycles. The zero-order chi connectivity index (χ0) is 16.4. The van der Waals surface area contributed by atoms with Crippen LogP contribution < -0.4 is 22.9 Å². The maximum Gasteiger partial charge on any atom is 0.240 e. The third-order valence-electron chi connectivity index (χ3n) is 1.89. The summed E-state index contributed by atoms with van der Waals surface area (Å²) < 4.78 is 0. The Morgan fingerprint density at radius 1 is 0.950 bits per heavy atom. The van der Waals surface area contributed by atoms with Crippen molar-refractivity contribution in [1.29, 1.82) is 0 Å². The van der Waals surface area contributed by atoms with Crippen molar-refractivity contribution in [2.24, 2.45) is 22.9 Å². The van der Waals surface area contributed by atoms with Gasteiger partial charge < -0.3 is 27.8 Å². The smallest absolute Gasteiger partial charge is 0.240 e. The fourth-order valence-corrected chi connectivity index (χ4v) is 0.834. The summed E-state index contributed by atoms with van der Waals surface area (Å²) in [6.45, 7) is 9.93. The van der Waals surface area contributed by atoms with Crippen LogP contribution in [0.4, 0.5) is 0 Å². The summed E-state index contributed by atoms with van der Waals surface area (Å²) >= 11 is 0. The average molecular weight is 287 g/mol. The van der Waals surface area contributed by atoms with Gasteiger partial charge in [-0.2, -0.15) is 0 Å². The Bertz CT molecular complexity index is 243. The number of primary amides is 2. The van der Waals surface area contributed by atoms with Crippen molar-refractivity contribution in [3.63, 3.8) is 0 Å². The number of nitrogens with two attached hydrogens (primary N) is 4. The summed E-state index contributed by atoms with van der Waals surface area (Å²) in [6, 6.07) is 0. The number of carbonyl (C=O) groups is 2. The Labute approximate surface area is 121 Å². The summed E-state index contributed by atoms with van der Waals surface area (Å²) in [4.78, 5) is 21.2. The van der Waals surface area contributed by atoms with Crippen LogP contribution in [0.25, 0.3) is 0 Å². The maximum atomic E-state index is 9.47. The van der Waals surface area contributed by atoms with E-state index in [4.69, 9.17) is 11.5 Å². The summed E-state index contributed by atoms with van der Waals surface area (Å²) in [5, 5.41) is 0. The van der Waals surface area contributed by atoms with Crippen LogP contribution in [0.5, 0.6) is 0 Å². The van der Waals surface area contributed by atoms with Crippen molar-refractivity contribution in [2.45, 2.75) is 12.8 Å². The van der Waals surface area contributed by atoms with E-state index in [1.807, 2.05) is 0 Å². The van der Waals surface area contributed by atoms with E-state index >= 15 is 0 Å². The number of hydrogen-bond donors (Lipinski definition) is 4. The van der Waals surface area contributed by atoms with Crippen molar-refractivity contribution < 1.29 is 9.59 Å². The second kappa shape index (κ2) is 19.6. The van der Waals surface area contributed by atoms with Crippen LogP contribution in [0.15, 0.2) is 25.3 Å². The fraction of sp³-hybridized carbons (Fsp3) is 0.538. The van der Waals surface area contributed by atoms with Gasteiger partial charge in [-0.1, -0.05) is 13.2 Å². The highest BCUT2D eigenvalue weighted by Crippen LogP contribution is 1.87. The van der Waals surface area contributed by atoms with Gasteiger partial charge in [-0.25, -0.2) is 0 Å². The minimum atomic E-state index is -0.481. The molecule has 0 heterocycles. The molecule has 0 unspecified atom stereocenters. The molecule has 7 nitrogen and oxygen atoms in total. The molecule has 0 rings (SSSR count). The van der Waals surface area contributed by atoms with Crippen molar-refractivity contribution in [2.75, 3.05) is 33.2 Å². The van der Waals surface area contributed by atoms with Crippen LogP contribution in [0.1, 0.15) is 12.8 Å². The monoisotopic (exact) mass is 287 g/mol. The number of rotatable bonds is 8. The van der Waals surface area contributed by atoms with E-state index in [0.717, 1.165) is 51.2 Å². The van der Waals surface area contributed by atoms with Gasteiger partial charge in [0.2, 0.25) is 11.8 Å². The van der Waals surface area contributed by atoms with Gasteiger partial charge in [-0.15, -0.1) is 0 Å². The standard InChI is InChI=1S/C7H19N3.2C3H5NO/c1-10(6-2-4-8)7-3-5-9;2*1-2-3(4)5/h2-9H2,1H3;2*2H,1H2,(H2,4,5). The lowest BCUT2D eigenvalue weighted by Crippen LogP contribution is -2.24. The average Bonchev–Trinajstić information content (AvgIpc) is 2.43. The van der Waals surface area contributed by atoms with E-state index in [1.54, 1.807) is 0 Å². The van der Waals surface area contributed by atoms with Gasteiger partial charge in [0.1, 0.15) is 0 Å². The van der Waals surface area contributed by atoms with Gasteiger partial charge in [0.25, 0.3) is 0 Å². The molecule has 0 aliphatic heterocycles. The molecule has 0 bridgehead atoms. The molecule has 0 aromatic carbocycles. The van der Waals surface area contributed by atoms with E-state index < -0.39 is 11.8 Å². The lowest BCUT2D eigenvalue weighted by Gasteiger charge is -2.14. The Kier molecular flexibility index (Phi) is 23.0. The van der Waals surface area contributed by atoms with Gasteiger partial charge in [0.05, 0.1) is 0 Å². The predicted octanol–water partition coefficient (Wildman–Crippen LogP) is -1.07. The lowest BCUT2D eigenvalue weighted by atomic mass is 10.3. The summed E-state index contributed by atoms with van der Waals surface area (Å²) in [7, 11) is 2.10. The highest BCUT2D eigenvalue weighted by molar-refractivity contribution is 5.85. The lowest BCUT2D eigenvalue weighted by molar-refractivity contribution is -0.114. The Hall–Kier alpha value is -1.70.